The predicted octanol–water partition coefficient (Wildman–Crippen LogP) is 2.23. The third-order valence-corrected chi connectivity index (χ3v) is 3.85. The summed E-state index contributed by atoms with van der Waals surface area (Å²) in [5.74, 6) is 0.603. The van der Waals surface area contributed by atoms with Crippen molar-refractivity contribution in [3.63, 3.8) is 0 Å². The molecule has 0 N–H and O–H groups in total. The highest BCUT2D eigenvalue weighted by Gasteiger charge is 2.26. The Labute approximate surface area is 139 Å². The Morgan fingerprint density at radius 3 is 2.50 bits per heavy atom. The first-order chi connectivity index (χ1) is 11.5. The van der Waals surface area contributed by atoms with E-state index in [-0.39, 0.29) is 5.91 Å². The van der Waals surface area contributed by atoms with Crippen molar-refractivity contribution in [3.8, 4) is 11.3 Å². The van der Waals surface area contributed by atoms with Crippen LogP contribution in [-0.2, 0) is 4.79 Å². The number of amides is 1. The molecular formula is C17H19N5O2. The number of likely N-dealkylation sites (N-methyl/N-ethyl adjacent to an activating group) is 1. The molecule has 0 fully saturated rings. The van der Waals surface area contributed by atoms with E-state index in [0.717, 1.165) is 16.8 Å². The SMILES string of the molecule is Cc1noc(C)c1-c1cn(C(C(=O)N(C)C)c2ccccc2)nn1. The topological polar surface area (TPSA) is 77.0 Å². The lowest BCUT2D eigenvalue weighted by atomic mass is 10.1. The van der Waals surface area contributed by atoms with Crippen LogP contribution in [0, 0.1) is 13.8 Å². The number of aromatic nitrogens is 4. The number of rotatable bonds is 4. The lowest BCUT2D eigenvalue weighted by molar-refractivity contribution is -0.131. The van der Waals surface area contributed by atoms with Crippen LogP contribution >= 0.6 is 0 Å². The number of benzene rings is 1. The molecule has 0 aliphatic carbocycles. The molecule has 0 spiro atoms. The van der Waals surface area contributed by atoms with Crippen LogP contribution in [-0.4, -0.2) is 45.1 Å². The number of carbonyl (C=O) groups excluding carboxylic acids is 1. The maximum absolute atomic E-state index is 12.7. The van der Waals surface area contributed by atoms with Crippen LogP contribution in [0.4, 0.5) is 0 Å². The van der Waals surface area contributed by atoms with Gasteiger partial charge >= 0.3 is 0 Å². The van der Waals surface area contributed by atoms with Crippen molar-refractivity contribution in [1.29, 1.82) is 0 Å². The molecule has 0 aliphatic heterocycles. The van der Waals surface area contributed by atoms with Crippen molar-refractivity contribution in [1.82, 2.24) is 25.1 Å². The third-order valence-electron chi connectivity index (χ3n) is 3.85. The van der Waals surface area contributed by atoms with E-state index in [1.807, 2.05) is 44.2 Å². The first-order valence-electron chi connectivity index (χ1n) is 7.60. The van der Waals surface area contributed by atoms with Crippen LogP contribution in [0.2, 0.25) is 0 Å². The summed E-state index contributed by atoms with van der Waals surface area (Å²) in [6, 6.07) is 8.96. The Morgan fingerprint density at radius 2 is 1.92 bits per heavy atom. The molecule has 3 rings (SSSR count). The summed E-state index contributed by atoms with van der Waals surface area (Å²) in [6.07, 6.45) is 1.76. The monoisotopic (exact) mass is 325 g/mol. The maximum atomic E-state index is 12.7. The molecular weight excluding hydrogens is 306 g/mol. The normalized spacial score (nSPS) is 12.2. The molecule has 0 saturated heterocycles. The summed E-state index contributed by atoms with van der Waals surface area (Å²) >= 11 is 0. The van der Waals surface area contributed by atoms with Crippen LogP contribution in [0.15, 0.2) is 41.1 Å². The molecule has 0 radical (unpaired) electrons. The molecule has 0 bridgehead atoms. The van der Waals surface area contributed by atoms with Gasteiger partial charge in [0.1, 0.15) is 11.5 Å². The lowest BCUT2D eigenvalue weighted by Crippen LogP contribution is -2.32. The van der Waals surface area contributed by atoms with Crippen molar-refractivity contribution >= 4 is 5.91 Å². The van der Waals surface area contributed by atoms with Gasteiger partial charge in [-0.05, 0) is 19.4 Å². The van der Waals surface area contributed by atoms with Crippen molar-refractivity contribution < 1.29 is 9.32 Å². The summed E-state index contributed by atoms with van der Waals surface area (Å²) in [5.41, 5.74) is 3.05. The zero-order valence-corrected chi connectivity index (χ0v) is 14.1. The smallest absolute Gasteiger partial charge is 0.251 e. The number of hydrogen-bond acceptors (Lipinski definition) is 5. The molecule has 1 amide bonds. The fourth-order valence-corrected chi connectivity index (χ4v) is 2.65. The van der Waals surface area contributed by atoms with Gasteiger partial charge in [-0.15, -0.1) is 5.10 Å². The second kappa shape index (κ2) is 6.27. The summed E-state index contributed by atoms with van der Waals surface area (Å²) < 4.78 is 6.77. The zero-order valence-electron chi connectivity index (χ0n) is 14.1. The molecule has 2 heterocycles. The summed E-state index contributed by atoms with van der Waals surface area (Å²) in [4.78, 5) is 14.2. The van der Waals surface area contributed by atoms with Crippen LogP contribution in [0.25, 0.3) is 11.3 Å². The third kappa shape index (κ3) is 2.80. The van der Waals surface area contributed by atoms with Gasteiger partial charge in [-0.25, -0.2) is 4.68 Å². The standard InChI is InChI=1S/C17H19N5O2/c1-11-15(12(2)24-19-11)14-10-22(20-18-14)16(17(23)21(3)4)13-8-6-5-7-9-13/h5-10,16H,1-4H3. The van der Waals surface area contributed by atoms with Crippen LogP contribution in [0.1, 0.15) is 23.1 Å². The van der Waals surface area contributed by atoms with E-state index in [0.29, 0.717) is 11.5 Å². The Hall–Kier alpha value is -2.96. The summed E-state index contributed by atoms with van der Waals surface area (Å²) in [5, 5.41) is 12.3. The van der Waals surface area contributed by atoms with Gasteiger partial charge in [0, 0.05) is 14.1 Å². The van der Waals surface area contributed by atoms with Gasteiger partial charge in [0.15, 0.2) is 6.04 Å². The number of aryl methyl sites for hydroxylation is 2. The molecule has 3 aromatic rings. The fourth-order valence-electron chi connectivity index (χ4n) is 2.65. The van der Waals surface area contributed by atoms with Gasteiger partial charge < -0.3 is 9.42 Å². The first kappa shape index (κ1) is 15.9. The zero-order chi connectivity index (χ0) is 17.3. The number of carbonyl (C=O) groups is 1. The van der Waals surface area contributed by atoms with E-state index in [2.05, 4.69) is 15.5 Å². The fraction of sp³-hybridized carbons (Fsp3) is 0.294. The maximum Gasteiger partial charge on any atom is 0.251 e. The summed E-state index contributed by atoms with van der Waals surface area (Å²) in [6.45, 7) is 3.68. The van der Waals surface area contributed by atoms with Crippen molar-refractivity contribution in [2.75, 3.05) is 14.1 Å². The van der Waals surface area contributed by atoms with Crippen LogP contribution < -0.4 is 0 Å². The molecule has 7 nitrogen and oxygen atoms in total. The molecule has 2 aromatic heterocycles. The Bertz CT molecular complexity index is 832. The van der Waals surface area contributed by atoms with E-state index < -0.39 is 6.04 Å². The van der Waals surface area contributed by atoms with Gasteiger partial charge in [-0.2, -0.15) is 0 Å². The van der Waals surface area contributed by atoms with Crippen LogP contribution in [0.3, 0.4) is 0 Å². The Kier molecular flexibility index (Phi) is 4.16. The minimum atomic E-state index is -0.567. The minimum absolute atomic E-state index is 0.0728. The van der Waals surface area contributed by atoms with E-state index in [9.17, 15) is 4.79 Å². The molecule has 1 unspecified atom stereocenters. The molecule has 7 heteroatoms. The molecule has 0 aliphatic rings. The van der Waals surface area contributed by atoms with E-state index in [1.54, 1.807) is 29.9 Å². The molecule has 24 heavy (non-hydrogen) atoms. The van der Waals surface area contributed by atoms with Gasteiger partial charge in [0.2, 0.25) is 0 Å². The first-order valence-corrected chi connectivity index (χ1v) is 7.60. The molecule has 1 atom stereocenters. The predicted molar refractivity (Wildman–Crippen MR) is 88.3 cm³/mol. The highest BCUT2D eigenvalue weighted by Crippen LogP contribution is 2.27. The molecule has 124 valence electrons. The summed E-state index contributed by atoms with van der Waals surface area (Å²) in [7, 11) is 3.45. The Balaban J connectivity index is 2.05. The van der Waals surface area contributed by atoms with Gasteiger partial charge in [-0.3, -0.25) is 4.79 Å². The van der Waals surface area contributed by atoms with Crippen molar-refractivity contribution in [3.05, 3.63) is 53.5 Å². The molecule has 1 aromatic carbocycles. The van der Waals surface area contributed by atoms with Gasteiger partial charge in [0.05, 0.1) is 17.5 Å². The quantitative estimate of drug-likeness (QED) is 0.735. The van der Waals surface area contributed by atoms with Crippen LogP contribution in [0.5, 0.6) is 0 Å². The average Bonchev–Trinajstić information content (AvgIpc) is 3.15. The van der Waals surface area contributed by atoms with Gasteiger partial charge in [0.25, 0.3) is 5.91 Å². The highest BCUT2D eigenvalue weighted by molar-refractivity contribution is 5.83. The minimum Gasteiger partial charge on any atom is -0.361 e. The number of nitrogens with zero attached hydrogens (tertiary/aromatic N) is 5. The molecule has 0 saturated carbocycles. The van der Waals surface area contributed by atoms with E-state index in [4.69, 9.17) is 4.52 Å². The highest BCUT2D eigenvalue weighted by atomic mass is 16.5. The van der Waals surface area contributed by atoms with Crippen molar-refractivity contribution in [2.24, 2.45) is 0 Å². The number of hydrogen-bond donors (Lipinski definition) is 0. The second-order valence-corrected chi connectivity index (χ2v) is 5.83. The lowest BCUT2D eigenvalue weighted by Gasteiger charge is -2.20. The van der Waals surface area contributed by atoms with E-state index >= 15 is 0 Å². The van der Waals surface area contributed by atoms with Gasteiger partial charge in [-0.1, -0.05) is 40.7 Å². The van der Waals surface area contributed by atoms with Crippen molar-refractivity contribution in [2.45, 2.75) is 19.9 Å². The largest absolute Gasteiger partial charge is 0.361 e. The second-order valence-electron chi connectivity index (χ2n) is 5.83. The Morgan fingerprint density at radius 1 is 1.21 bits per heavy atom. The van der Waals surface area contributed by atoms with E-state index in [1.165, 1.54) is 0 Å². The average molecular weight is 325 g/mol.